The van der Waals surface area contributed by atoms with E-state index >= 15 is 0 Å². The van der Waals surface area contributed by atoms with Crippen LogP contribution in [0.2, 0.25) is 0 Å². The van der Waals surface area contributed by atoms with Crippen LogP contribution in [0.15, 0.2) is 54.7 Å². The van der Waals surface area contributed by atoms with Crippen molar-refractivity contribution in [2.24, 2.45) is 0 Å². The van der Waals surface area contributed by atoms with Crippen LogP contribution in [0.1, 0.15) is 50.2 Å². The Bertz CT molecular complexity index is 1280. The second-order valence-corrected chi connectivity index (χ2v) is 11.2. The third-order valence-electron chi connectivity index (χ3n) is 8.57. The number of fused-ring (bicyclic) bond motifs is 1. The molecule has 40 heavy (non-hydrogen) atoms. The molecule has 0 spiro atoms. The summed E-state index contributed by atoms with van der Waals surface area (Å²) in [6.07, 6.45) is 8.60. The first-order valence-corrected chi connectivity index (χ1v) is 14.7. The number of H-pyrrole nitrogens is 1. The van der Waals surface area contributed by atoms with Crippen LogP contribution in [0, 0.1) is 0 Å². The van der Waals surface area contributed by atoms with E-state index in [0.717, 1.165) is 53.7 Å². The lowest BCUT2D eigenvalue weighted by molar-refractivity contribution is -0.129. The molecule has 5 rings (SSSR count). The van der Waals surface area contributed by atoms with E-state index in [2.05, 4.69) is 27.3 Å². The molecule has 0 bridgehead atoms. The molecule has 1 atom stereocenters. The van der Waals surface area contributed by atoms with Gasteiger partial charge in [-0.05, 0) is 62.9 Å². The second-order valence-electron chi connectivity index (χ2n) is 11.2. The average molecular weight is 546 g/mol. The Balaban J connectivity index is 1.30. The van der Waals surface area contributed by atoms with E-state index in [1.807, 2.05) is 47.5 Å². The van der Waals surface area contributed by atoms with Crippen molar-refractivity contribution in [1.82, 2.24) is 25.0 Å². The number of rotatable bonds is 9. The van der Waals surface area contributed by atoms with E-state index < -0.39 is 0 Å². The van der Waals surface area contributed by atoms with E-state index in [-0.39, 0.29) is 18.0 Å². The minimum absolute atomic E-state index is 0.0357. The second kappa shape index (κ2) is 13.2. The number of methoxy groups -OCH3 is 1. The minimum atomic E-state index is -0.245. The minimum Gasteiger partial charge on any atom is -0.496 e. The van der Waals surface area contributed by atoms with Gasteiger partial charge in [0.25, 0.3) is 0 Å². The lowest BCUT2D eigenvalue weighted by atomic mass is 10.00. The lowest BCUT2D eigenvalue weighted by Crippen LogP contribution is -2.54. The first-order valence-electron chi connectivity index (χ1n) is 14.7. The molecular formula is C32H43N5O3. The Morgan fingerprint density at radius 1 is 1.00 bits per heavy atom. The maximum Gasteiger partial charge on any atom is 0.317 e. The SMILES string of the molecule is COc1ccccc1CN(C[C@H](Cc1c[nH]c2ccccc12)NC(=O)N1CCC(N2CCCCC2)CC1)C(C)=O. The predicted octanol–water partition coefficient (Wildman–Crippen LogP) is 4.80. The monoisotopic (exact) mass is 545 g/mol. The Kier molecular flexibility index (Phi) is 9.26. The fourth-order valence-corrected chi connectivity index (χ4v) is 6.32. The van der Waals surface area contributed by atoms with Crippen molar-refractivity contribution in [2.75, 3.05) is 39.8 Å². The number of carbonyl (C=O) groups is 2. The number of aromatic amines is 1. The van der Waals surface area contributed by atoms with Crippen LogP contribution < -0.4 is 10.1 Å². The summed E-state index contributed by atoms with van der Waals surface area (Å²) in [6.45, 7) is 6.33. The van der Waals surface area contributed by atoms with Gasteiger partial charge in [0.15, 0.2) is 0 Å². The number of likely N-dealkylation sites (tertiary alicyclic amines) is 2. The molecule has 8 nitrogen and oxygen atoms in total. The molecule has 3 heterocycles. The molecule has 2 aromatic carbocycles. The first-order chi connectivity index (χ1) is 19.5. The topological polar surface area (TPSA) is 80.9 Å². The highest BCUT2D eigenvalue weighted by molar-refractivity contribution is 5.83. The number of nitrogens with zero attached hydrogens (tertiary/aromatic N) is 3. The number of benzene rings is 2. The van der Waals surface area contributed by atoms with Crippen molar-refractivity contribution in [2.45, 2.75) is 64.1 Å². The standard InChI is InChI=1S/C32H43N5O3/c1-24(38)37(22-25-10-4-7-13-31(25)40-2)23-27(20-26-21-33-30-12-6-5-11-29(26)30)34-32(39)36-18-14-28(15-19-36)35-16-8-3-9-17-35/h4-7,10-13,21,27-28,33H,3,8-9,14-20,22-23H2,1-2H3,(H,34,39)/t27-/m0/s1. The summed E-state index contributed by atoms with van der Waals surface area (Å²) in [4.78, 5) is 36.1. The molecule has 214 valence electrons. The Morgan fingerprint density at radius 2 is 1.73 bits per heavy atom. The van der Waals surface area contributed by atoms with Crippen molar-refractivity contribution in [3.05, 3.63) is 65.9 Å². The molecule has 0 aliphatic carbocycles. The summed E-state index contributed by atoms with van der Waals surface area (Å²) in [7, 11) is 1.64. The number of hydrogen-bond donors (Lipinski definition) is 2. The van der Waals surface area contributed by atoms with Crippen molar-refractivity contribution >= 4 is 22.8 Å². The summed E-state index contributed by atoms with van der Waals surface area (Å²) < 4.78 is 5.54. The molecule has 2 aliphatic heterocycles. The number of ether oxygens (including phenoxy) is 1. The van der Waals surface area contributed by atoms with Crippen LogP contribution in [-0.2, 0) is 17.8 Å². The van der Waals surface area contributed by atoms with E-state index in [9.17, 15) is 9.59 Å². The predicted molar refractivity (Wildman–Crippen MR) is 158 cm³/mol. The third kappa shape index (κ3) is 6.78. The highest BCUT2D eigenvalue weighted by Gasteiger charge is 2.29. The number of piperidine rings is 2. The van der Waals surface area contributed by atoms with Gasteiger partial charge in [0.05, 0.1) is 13.2 Å². The van der Waals surface area contributed by atoms with Gasteiger partial charge in [-0.15, -0.1) is 0 Å². The Hall–Kier alpha value is -3.52. The zero-order valence-electron chi connectivity index (χ0n) is 23.9. The quantitative estimate of drug-likeness (QED) is 0.405. The lowest BCUT2D eigenvalue weighted by Gasteiger charge is -2.40. The summed E-state index contributed by atoms with van der Waals surface area (Å²) in [5.74, 6) is 0.717. The maximum absolute atomic E-state index is 13.6. The van der Waals surface area contributed by atoms with Gasteiger partial charge in [0.1, 0.15) is 5.75 Å². The van der Waals surface area contributed by atoms with E-state index in [1.54, 1.807) is 18.9 Å². The van der Waals surface area contributed by atoms with Crippen LogP contribution in [0.25, 0.3) is 10.9 Å². The van der Waals surface area contributed by atoms with Crippen molar-refractivity contribution < 1.29 is 14.3 Å². The summed E-state index contributed by atoms with van der Waals surface area (Å²) in [5, 5.41) is 4.46. The van der Waals surface area contributed by atoms with Crippen molar-refractivity contribution in [3.8, 4) is 5.75 Å². The molecular weight excluding hydrogens is 502 g/mol. The molecule has 2 N–H and O–H groups in total. The first kappa shape index (κ1) is 28.0. The van der Waals surface area contributed by atoms with Gasteiger partial charge in [-0.3, -0.25) is 4.79 Å². The molecule has 2 saturated heterocycles. The molecule has 2 aliphatic rings. The summed E-state index contributed by atoms with van der Waals surface area (Å²) in [5.41, 5.74) is 3.14. The maximum atomic E-state index is 13.6. The third-order valence-corrected chi connectivity index (χ3v) is 8.57. The van der Waals surface area contributed by atoms with Crippen molar-refractivity contribution in [3.63, 3.8) is 0 Å². The highest BCUT2D eigenvalue weighted by atomic mass is 16.5. The average Bonchev–Trinajstić information content (AvgIpc) is 3.40. The molecule has 3 aromatic rings. The van der Waals surface area contributed by atoms with E-state index in [0.29, 0.717) is 25.6 Å². The van der Waals surface area contributed by atoms with Crippen LogP contribution in [0.5, 0.6) is 5.75 Å². The number of hydrogen-bond acceptors (Lipinski definition) is 4. The molecule has 8 heteroatoms. The van der Waals surface area contributed by atoms with Crippen molar-refractivity contribution in [1.29, 1.82) is 0 Å². The zero-order chi connectivity index (χ0) is 27.9. The molecule has 1 aromatic heterocycles. The van der Waals surface area contributed by atoms with Crippen LogP contribution in [-0.4, -0.2) is 83.5 Å². The number of para-hydroxylation sites is 2. The van der Waals surface area contributed by atoms with Crippen LogP contribution in [0.3, 0.4) is 0 Å². The van der Waals surface area contributed by atoms with Crippen LogP contribution in [0.4, 0.5) is 4.79 Å². The highest BCUT2D eigenvalue weighted by Crippen LogP contribution is 2.24. The van der Waals surface area contributed by atoms with E-state index in [1.165, 1.54) is 32.4 Å². The molecule has 2 fully saturated rings. The largest absolute Gasteiger partial charge is 0.496 e. The van der Waals surface area contributed by atoms with Gasteiger partial charge >= 0.3 is 6.03 Å². The summed E-state index contributed by atoms with van der Waals surface area (Å²) in [6, 6.07) is 16.3. The van der Waals surface area contributed by atoms with Gasteiger partial charge in [-0.25, -0.2) is 4.79 Å². The van der Waals surface area contributed by atoms with Gasteiger partial charge in [0, 0.05) is 61.8 Å². The number of carbonyl (C=O) groups excluding carboxylic acids is 2. The fourth-order valence-electron chi connectivity index (χ4n) is 6.32. The number of urea groups is 1. The number of aromatic nitrogens is 1. The van der Waals surface area contributed by atoms with Gasteiger partial charge < -0.3 is 29.7 Å². The molecule has 3 amide bonds. The number of amides is 3. The van der Waals surface area contributed by atoms with E-state index in [4.69, 9.17) is 4.74 Å². The Labute approximate surface area is 237 Å². The van der Waals surface area contributed by atoms with Gasteiger partial charge in [0.2, 0.25) is 5.91 Å². The molecule has 0 saturated carbocycles. The Morgan fingerprint density at radius 3 is 2.48 bits per heavy atom. The normalized spacial score (nSPS) is 17.5. The van der Waals surface area contributed by atoms with Crippen LogP contribution >= 0.6 is 0 Å². The molecule has 0 radical (unpaired) electrons. The number of nitrogens with one attached hydrogen (secondary N) is 2. The van der Waals surface area contributed by atoms with Gasteiger partial charge in [-0.2, -0.15) is 0 Å². The summed E-state index contributed by atoms with van der Waals surface area (Å²) >= 11 is 0. The molecule has 0 unspecified atom stereocenters. The fraction of sp³-hybridized carbons (Fsp3) is 0.500. The zero-order valence-corrected chi connectivity index (χ0v) is 23.9. The van der Waals surface area contributed by atoms with Gasteiger partial charge in [-0.1, -0.05) is 42.8 Å². The smallest absolute Gasteiger partial charge is 0.317 e.